The van der Waals surface area contributed by atoms with E-state index in [1.165, 1.54) is 5.01 Å². The predicted octanol–water partition coefficient (Wildman–Crippen LogP) is 6.17. The Morgan fingerprint density at radius 2 is 1.84 bits per heavy atom. The zero-order valence-corrected chi connectivity index (χ0v) is 22.3. The van der Waals surface area contributed by atoms with Crippen molar-refractivity contribution in [3.8, 4) is 11.5 Å². The number of primary amides is 1. The third kappa shape index (κ3) is 6.33. The second kappa shape index (κ2) is 12.3. The fourth-order valence-electron chi connectivity index (χ4n) is 4.09. The number of anilines is 1. The Morgan fingerprint density at radius 1 is 1.05 bits per heavy atom. The topological polar surface area (TPSA) is 91.3 Å². The van der Waals surface area contributed by atoms with Crippen molar-refractivity contribution in [2.75, 3.05) is 18.4 Å². The number of nitrogens with zero attached hydrogens (tertiary/aromatic N) is 3. The van der Waals surface area contributed by atoms with Crippen molar-refractivity contribution in [3.63, 3.8) is 0 Å². The second-order valence-electron chi connectivity index (χ2n) is 9.18. The zero-order valence-electron chi connectivity index (χ0n) is 22.3. The number of fused-ring (bicyclic) bond motifs is 1. The van der Waals surface area contributed by atoms with E-state index in [1.807, 2.05) is 91.5 Å². The number of hydrazone groups is 1. The third-order valence-corrected chi connectivity index (χ3v) is 6.14. The van der Waals surface area contributed by atoms with Gasteiger partial charge in [0, 0.05) is 42.4 Å². The standard InChI is InChI=1S/C30H34N4O4/c1-5-36-20-38-29-17-28(37-19-22-9-7-6-8-10-22)24(16-26(29)21(2)3)18-32-34(30(31)35)25-11-12-27-23(15-25)13-14-33(27)4/h6-18,21H,5,19-20H2,1-4H3,(H2,31,35)/b32-18+. The lowest BCUT2D eigenvalue weighted by Crippen LogP contribution is -2.31. The van der Waals surface area contributed by atoms with E-state index in [9.17, 15) is 4.79 Å². The van der Waals surface area contributed by atoms with E-state index >= 15 is 0 Å². The number of ether oxygens (including phenoxy) is 3. The Bertz CT molecular complexity index is 1410. The van der Waals surface area contributed by atoms with E-state index in [0.717, 1.165) is 22.0 Å². The monoisotopic (exact) mass is 514 g/mol. The molecule has 0 radical (unpaired) electrons. The summed E-state index contributed by atoms with van der Waals surface area (Å²) in [5.74, 6) is 1.40. The number of rotatable bonds is 11. The number of hydrogen-bond acceptors (Lipinski definition) is 5. The van der Waals surface area contributed by atoms with Gasteiger partial charge in [-0.1, -0.05) is 44.2 Å². The SMILES string of the molecule is CCOCOc1cc(OCc2ccccc2)c(/C=N/N(C(N)=O)c2ccc3c(ccn3C)c2)cc1C(C)C. The number of aromatic nitrogens is 1. The smallest absolute Gasteiger partial charge is 0.340 e. The molecule has 2 N–H and O–H groups in total. The first kappa shape index (κ1) is 26.8. The van der Waals surface area contributed by atoms with Crippen LogP contribution in [0.25, 0.3) is 10.9 Å². The van der Waals surface area contributed by atoms with E-state index in [-0.39, 0.29) is 12.7 Å². The van der Waals surface area contributed by atoms with Crippen LogP contribution in [0.3, 0.4) is 0 Å². The molecule has 1 aromatic heterocycles. The molecular weight excluding hydrogens is 480 g/mol. The average Bonchev–Trinajstić information content (AvgIpc) is 3.28. The highest BCUT2D eigenvalue weighted by atomic mass is 16.7. The number of benzene rings is 3. The van der Waals surface area contributed by atoms with Crippen molar-refractivity contribution in [1.82, 2.24) is 4.57 Å². The quantitative estimate of drug-likeness (QED) is 0.112. The third-order valence-electron chi connectivity index (χ3n) is 6.14. The van der Waals surface area contributed by atoms with Gasteiger partial charge in [-0.15, -0.1) is 0 Å². The number of amides is 2. The Kier molecular flexibility index (Phi) is 8.66. The maximum atomic E-state index is 12.4. The molecule has 3 aromatic carbocycles. The van der Waals surface area contributed by atoms with Gasteiger partial charge in [-0.05, 0) is 54.3 Å². The number of hydrogen-bond donors (Lipinski definition) is 1. The van der Waals surface area contributed by atoms with Crippen molar-refractivity contribution in [1.29, 1.82) is 0 Å². The summed E-state index contributed by atoms with van der Waals surface area (Å²) in [5.41, 5.74) is 10.0. The summed E-state index contributed by atoms with van der Waals surface area (Å²) in [7, 11) is 1.97. The molecule has 0 saturated carbocycles. The highest BCUT2D eigenvalue weighted by molar-refractivity contribution is 5.96. The van der Waals surface area contributed by atoms with Gasteiger partial charge in [-0.25, -0.2) is 4.79 Å². The summed E-state index contributed by atoms with van der Waals surface area (Å²) in [6.07, 6.45) is 3.56. The number of carbonyl (C=O) groups excluding carboxylic acids is 1. The van der Waals surface area contributed by atoms with Crippen LogP contribution in [0.2, 0.25) is 0 Å². The largest absolute Gasteiger partial charge is 0.488 e. The van der Waals surface area contributed by atoms with Gasteiger partial charge >= 0.3 is 6.03 Å². The first-order valence-corrected chi connectivity index (χ1v) is 12.6. The van der Waals surface area contributed by atoms with Crippen molar-refractivity contribution in [2.45, 2.75) is 33.3 Å². The second-order valence-corrected chi connectivity index (χ2v) is 9.18. The summed E-state index contributed by atoms with van der Waals surface area (Å²) >= 11 is 0. The van der Waals surface area contributed by atoms with E-state index in [2.05, 4.69) is 18.9 Å². The van der Waals surface area contributed by atoms with Gasteiger partial charge in [0.2, 0.25) is 0 Å². The molecule has 0 aliphatic rings. The highest BCUT2D eigenvalue weighted by Crippen LogP contribution is 2.34. The fraction of sp³-hybridized carbons (Fsp3) is 0.267. The van der Waals surface area contributed by atoms with Crippen LogP contribution < -0.4 is 20.2 Å². The maximum absolute atomic E-state index is 12.4. The summed E-state index contributed by atoms with van der Waals surface area (Å²) in [4.78, 5) is 12.4. The van der Waals surface area contributed by atoms with Crippen LogP contribution in [0.15, 0.2) is 78.0 Å². The fourth-order valence-corrected chi connectivity index (χ4v) is 4.09. The van der Waals surface area contributed by atoms with Crippen molar-refractivity contribution in [2.24, 2.45) is 17.9 Å². The van der Waals surface area contributed by atoms with Gasteiger partial charge < -0.3 is 24.5 Å². The van der Waals surface area contributed by atoms with Crippen LogP contribution in [0, 0.1) is 0 Å². The van der Waals surface area contributed by atoms with E-state index < -0.39 is 6.03 Å². The van der Waals surface area contributed by atoms with Crippen LogP contribution in [0.5, 0.6) is 11.5 Å². The van der Waals surface area contributed by atoms with Crippen LogP contribution in [-0.4, -0.2) is 30.2 Å². The zero-order chi connectivity index (χ0) is 27.1. The molecular formula is C30H34N4O4. The number of aryl methyl sites for hydroxylation is 1. The molecule has 1 heterocycles. The minimum atomic E-state index is -0.691. The molecule has 0 fully saturated rings. The number of urea groups is 1. The molecule has 8 nitrogen and oxygen atoms in total. The van der Waals surface area contributed by atoms with Gasteiger partial charge in [0.05, 0.1) is 11.9 Å². The molecule has 8 heteroatoms. The molecule has 0 bridgehead atoms. The van der Waals surface area contributed by atoms with Crippen molar-refractivity contribution >= 4 is 28.8 Å². The van der Waals surface area contributed by atoms with Crippen LogP contribution in [0.4, 0.5) is 10.5 Å². The van der Waals surface area contributed by atoms with Crippen LogP contribution >= 0.6 is 0 Å². The Labute approximate surface area is 223 Å². The molecule has 0 aliphatic carbocycles. The number of carbonyl (C=O) groups is 1. The molecule has 0 atom stereocenters. The van der Waals surface area contributed by atoms with Gasteiger partial charge in [-0.2, -0.15) is 10.1 Å². The normalized spacial score (nSPS) is 11.4. The lowest BCUT2D eigenvalue weighted by molar-refractivity contribution is 0.0215. The van der Waals surface area contributed by atoms with Gasteiger partial charge in [0.15, 0.2) is 6.79 Å². The molecule has 0 saturated heterocycles. The van der Waals surface area contributed by atoms with Crippen molar-refractivity contribution in [3.05, 3.63) is 89.6 Å². The van der Waals surface area contributed by atoms with Gasteiger partial charge in [0.1, 0.15) is 18.1 Å². The number of nitrogens with two attached hydrogens (primary N) is 1. The molecule has 38 heavy (non-hydrogen) atoms. The lowest BCUT2D eigenvalue weighted by Gasteiger charge is -2.19. The van der Waals surface area contributed by atoms with Crippen molar-refractivity contribution < 1.29 is 19.0 Å². The van der Waals surface area contributed by atoms with E-state index in [0.29, 0.717) is 36.0 Å². The maximum Gasteiger partial charge on any atom is 0.340 e. The predicted molar refractivity (Wildman–Crippen MR) is 151 cm³/mol. The summed E-state index contributed by atoms with van der Waals surface area (Å²) in [6, 6.07) is 20.6. The minimum Gasteiger partial charge on any atom is -0.488 e. The molecule has 0 unspecified atom stereocenters. The highest BCUT2D eigenvalue weighted by Gasteiger charge is 2.17. The van der Waals surface area contributed by atoms with Crippen LogP contribution in [0.1, 0.15) is 43.4 Å². The van der Waals surface area contributed by atoms with Crippen LogP contribution in [-0.2, 0) is 18.4 Å². The summed E-state index contributed by atoms with van der Waals surface area (Å²) < 4.78 is 19.6. The molecule has 0 spiro atoms. The first-order chi connectivity index (χ1) is 18.4. The van der Waals surface area contributed by atoms with E-state index in [4.69, 9.17) is 19.9 Å². The molecule has 4 aromatic rings. The summed E-state index contributed by atoms with van der Waals surface area (Å²) in [6.45, 7) is 7.13. The minimum absolute atomic E-state index is 0.138. The molecule has 2 amide bonds. The lowest BCUT2D eigenvalue weighted by atomic mass is 9.99. The summed E-state index contributed by atoms with van der Waals surface area (Å²) in [5, 5.41) is 6.65. The first-order valence-electron chi connectivity index (χ1n) is 12.6. The Balaban J connectivity index is 1.71. The van der Waals surface area contributed by atoms with Gasteiger partial charge in [0.25, 0.3) is 0 Å². The Morgan fingerprint density at radius 3 is 2.55 bits per heavy atom. The Hall–Kier alpha value is -4.30. The van der Waals surface area contributed by atoms with Gasteiger partial charge in [-0.3, -0.25) is 0 Å². The molecule has 198 valence electrons. The molecule has 4 rings (SSSR count). The van der Waals surface area contributed by atoms with E-state index in [1.54, 1.807) is 6.21 Å². The molecule has 0 aliphatic heterocycles. The average molecular weight is 515 g/mol.